The lowest BCUT2D eigenvalue weighted by Crippen LogP contribution is -2.65. The molecule has 0 spiro atoms. The van der Waals surface area contributed by atoms with Gasteiger partial charge in [-0.15, -0.1) is 0 Å². The normalized spacial score (nSPS) is 14.0. The van der Waals surface area contributed by atoms with Gasteiger partial charge in [-0.2, -0.15) is 43.9 Å². The van der Waals surface area contributed by atoms with Crippen LogP contribution in [0.4, 0.5) is 43.9 Å². The van der Waals surface area contributed by atoms with Crippen molar-refractivity contribution in [3.05, 3.63) is 58.7 Å². The Hall–Kier alpha value is -1.56. The zero-order valence-electron chi connectivity index (χ0n) is 17.6. The maximum Gasteiger partial charge on any atom is 0.388 e. The molecular formula is C21H18F10S2. The van der Waals surface area contributed by atoms with Crippen LogP contribution in [-0.4, -0.2) is 28.3 Å². The fourth-order valence-electron chi connectivity index (χ4n) is 2.97. The topological polar surface area (TPSA) is 0 Å². The molecule has 33 heavy (non-hydrogen) atoms. The Labute approximate surface area is 192 Å². The van der Waals surface area contributed by atoms with E-state index < -0.39 is 61.6 Å². The smallest absolute Gasteiger partial charge is 0.192 e. The minimum atomic E-state index is -7.11. The summed E-state index contributed by atoms with van der Waals surface area (Å²) >= 11 is -2.21. The van der Waals surface area contributed by atoms with Crippen LogP contribution in [-0.2, 0) is 0 Å². The molecule has 0 saturated carbocycles. The van der Waals surface area contributed by atoms with E-state index >= 15 is 0 Å². The number of halogens is 10. The summed E-state index contributed by atoms with van der Waals surface area (Å²) in [5.41, 5.74) is 1.24. The molecule has 0 bridgehead atoms. The van der Waals surface area contributed by atoms with Gasteiger partial charge in [-0.05, 0) is 97.7 Å². The molecule has 12 heteroatoms. The van der Waals surface area contributed by atoms with Gasteiger partial charge in [0.05, 0.1) is 0 Å². The Morgan fingerprint density at radius 1 is 0.424 bits per heavy atom. The molecule has 0 aliphatic heterocycles. The molecule has 0 unspecified atom stereocenters. The summed E-state index contributed by atoms with van der Waals surface area (Å²) in [5, 5.41) is -11.7. The first kappa shape index (κ1) is 27.7. The molecule has 2 aromatic carbocycles. The minimum Gasteiger partial charge on any atom is -0.192 e. The lowest BCUT2D eigenvalue weighted by Gasteiger charge is -2.38. The second kappa shape index (κ2) is 8.90. The standard InChI is InChI=1S/C21H18F10S2/c1-11-5-12(2)8-15(7-11)32-20(28,29)18(24,25)17(22,23)19(26,27)21(30,31)33-16-9-13(3)6-14(4)10-16/h5-10H,1-4H3. The predicted molar refractivity (Wildman–Crippen MR) is 108 cm³/mol. The molecule has 0 N–H and O–H groups in total. The highest BCUT2D eigenvalue weighted by Gasteiger charge is 2.86. The maximum absolute atomic E-state index is 14.2. The first-order valence-corrected chi connectivity index (χ1v) is 10.8. The van der Waals surface area contributed by atoms with Crippen molar-refractivity contribution in [2.45, 2.75) is 65.8 Å². The number of rotatable bonds is 8. The van der Waals surface area contributed by atoms with Crippen LogP contribution in [0, 0.1) is 27.7 Å². The van der Waals surface area contributed by atoms with Gasteiger partial charge in [0, 0.05) is 9.79 Å². The van der Waals surface area contributed by atoms with Gasteiger partial charge in [-0.1, -0.05) is 12.1 Å². The molecule has 0 saturated heterocycles. The number of benzene rings is 2. The largest absolute Gasteiger partial charge is 0.388 e. The Bertz CT molecular complexity index is 898. The lowest BCUT2D eigenvalue weighted by molar-refractivity contribution is -0.373. The number of hydrogen-bond acceptors (Lipinski definition) is 2. The third-order valence-corrected chi connectivity index (χ3v) is 6.37. The lowest BCUT2D eigenvalue weighted by atomic mass is 10.0. The minimum absolute atomic E-state index is 0.310. The van der Waals surface area contributed by atoms with Gasteiger partial charge >= 0.3 is 28.3 Å². The molecule has 0 heterocycles. The van der Waals surface area contributed by atoms with Crippen molar-refractivity contribution in [2.24, 2.45) is 0 Å². The van der Waals surface area contributed by atoms with E-state index in [0.717, 1.165) is 24.3 Å². The van der Waals surface area contributed by atoms with Crippen LogP contribution in [0.15, 0.2) is 46.2 Å². The maximum atomic E-state index is 14.2. The summed E-state index contributed by atoms with van der Waals surface area (Å²) in [6.07, 6.45) is 0. The third-order valence-electron chi connectivity index (χ3n) is 4.40. The Balaban J connectivity index is 2.43. The highest BCUT2D eigenvalue weighted by atomic mass is 32.2. The molecule has 2 rings (SSSR count). The van der Waals surface area contributed by atoms with E-state index in [0.29, 0.717) is 22.3 Å². The monoisotopic (exact) mass is 524 g/mol. The Kier molecular flexibility index (Phi) is 7.47. The molecule has 184 valence electrons. The Morgan fingerprint density at radius 2 is 0.667 bits per heavy atom. The number of aryl methyl sites for hydroxylation is 4. The van der Waals surface area contributed by atoms with Gasteiger partial charge in [-0.25, -0.2) is 0 Å². The van der Waals surface area contributed by atoms with E-state index in [9.17, 15) is 43.9 Å². The first-order chi connectivity index (χ1) is 14.7. The van der Waals surface area contributed by atoms with E-state index in [1.165, 1.54) is 39.8 Å². The highest BCUT2D eigenvalue weighted by Crippen LogP contribution is 2.62. The van der Waals surface area contributed by atoms with E-state index in [4.69, 9.17) is 0 Å². The molecule has 0 aliphatic rings. The fraction of sp³-hybridized carbons (Fsp3) is 0.429. The van der Waals surface area contributed by atoms with Crippen LogP contribution in [0.3, 0.4) is 0 Å². The van der Waals surface area contributed by atoms with Crippen LogP contribution < -0.4 is 0 Å². The summed E-state index contributed by atoms with van der Waals surface area (Å²) in [5.74, 6) is -20.8. The van der Waals surface area contributed by atoms with Crippen molar-refractivity contribution in [1.82, 2.24) is 0 Å². The highest BCUT2D eigenvalue weighted by molar-refractivity contribution is 8.00. The molecular weight excluding hydrogens is 506 g/mol. The summed E-state index contributed by atoms with van der Waals surface area (Å²) in [6.45, 7) is 5.61. The summed E-state index contributed by atoms with van der Waals surface area (Å²) in [4.78, 5) is -1.24. The third kappa shape index (κ3) is 5.26. The molecule has 0 aliphatic carbocycles. The van der Waals surface area contributed by atoms with Gasteiger partial charge in [0.2, 0.25) is 0 Å². The molecule has 0 fully saturated rings. The number of alkyl halides is 10. The van der Waals surface area contributed by atoms with Crippen LogP contribution in [0.1, 0.15) is 22.3 Å². The summed E-state index contributed by atoms with van der Waals surface area (Å²) < 4.78 is 142. The Morgan fingerprint density at radius 3 is 0.909 bits per heavy atom. The van der Waals surface area contributed by atoms with E-state index in [1.54, 1.807) is 0 Å². The van der Waals surface area contributed by atoms with E-state index in [1.807, 2.05) is 0 Å². The zero-order chi connectivity index (χ0) is 25.6. The van der Waals surface area contributed by atoms with Gasteiger partial charge < -0.3 is 0 Å². The van der Waals surface area contributed by atoms with Crippen molar-refractivity contribution in [3.8, 4) is 0 Å². The molecule has 0 nitrogen and oxygen atoms in total. The van der Waals surface area contributed by atoms with Crippen molar-refractivity contribution >= 4 is 23.5 Å². The summed E-state index contributed by atoms with van der Waals surface area (Å²) in [6, 6.07) is 6.72. The van der Waals surface area contributed by atoms with Crippen molar-refractivity contribution in [2.75, 3.05) is 0 Å². The average Bonchev–Trinajstić information content (AvgIpc) is 2.58. The summed E-state index contributed by atoms with van der Waals surface area (Å²) in [7, 11) is 0. The molecule has 0 atom stereocenters. The number of thioether (sulfide) groups is 2. The van der Waals surface area contributed by atoms with E-state index in [-0.39, 0.29) is 0 Å². The quantitative estimate of drug-likeness (QED) is 0.250. The van der Waals surface area contributed by atoms with Gasteiger partial charge in [0.15, 0.2) is 0 Å². The zero-order valence-corrected chi connectivity index (χ0v) is 19.2. The second-order valence-corrected chi connectivity index (χ2v) is 9.98. The van der Waals surface area contributed by atoms with Gasteiger partial charge in [0.25, 0.3) is 0 Å². The first-order valence-electron chi connectivity index (χ1n) is 9.17. The van der Waals surface area contributed by atoms with Crippen molar-refractivity contribution < 1.29 is 43.9 Å². The van der Waals surface area contributed by atoms with Crippen molar-refractivity contribution in [1.29, 1.82) is 0 Å². The van der Waals surface area contributed by atoms with Crippen LogP contribution >= 0.6 is 23.5 Å². The SMILES string of the molecule is Cc1cc(C)cc(SC(F)(F)C(F)(F)C(F)(F)C(F)(F)C(F)(F)Sc2cc(C)cc(C)c2)c1. The molecule has 0 amide bonds. The van der Waals surface area contributed by atoms with Crippen LogP contribution in [0.2, 0.25) is 0 Å². The molecule has 0 radical (unpaired) electrons. The van der Waals surface area contributed by atoms with E-state index in [2.05, 4.69) is 0 Å². The fourth-order valence-corrected chi connectivity index (χ4v) is 5.05. The second-order valence-electron chi connectivity index (χ2n) is 7.61. The molecule has 2 aromatic rings. The van der Waals surface area contributed by atoms with Gasteiger partial charge in [0.1, 0.15) is 0 Å². The van der Waals surface area contributed by atoms with Crippen LogP contribution in [0.5, 0.6) is 0 Å². The number of hydrogen-bond donors (Lipinski definition) is 0. The van der Waals surface area contributed by atoms with Crippen molar-refractivity contribution in [3.63, 3.8) is 0 Å². The average molecular weight is 524 g/mol. The molecule has 0 aromatic heterocycles. The van der Waals surface area contributed by atoms with Crippen LogP contribution in [0.25, 0.3) is 0 Å². The van der Waals surface area contributed by atoms with Gasteiger partial charge in [-0.3, -0.25) is 0 Å². The predicted octanol–water partition coefficient (Wildman–Crippen LogP) is 8.90.